The second kappa shape index (κ2) is 9.21. The molecule has 27 heavy (non-hydrogen) atoms. The Bertz CT molecular complexity index is 777. The van der Waals surface area contributed by atoms with Gasteiger partial charge in [-0.1, -0.05) is 56.1 Å². The van der Waals surface area contributed by atoms with Crippen molar-refractivity contribution in [3.8, 4) is 0 Å². The number of thioether (sulfide) groups is 1. The van der Waals surface area contributed by atoms with E-state index in [9.17, 15) is 4.79 Å². The van der Waals surface area contributed by atoms with E-state index in [4.69, 9.17) is 4.52 Å². The summed E-state index contributed by atoms with van der Waals surface area (Å²) in [5, 5.41) is 16.2. The minimum Gasteiger partial charge on any atom is -0.338 e. The normalized spacial score (nSPS) is 15.2. The van der Waals surface area contributed by atoms with Crippen molar-refractivity contribution in [1.29, 1.82) is 0 Å². The number of hydrogen-bond acceptors (Lipinski definition) is 6. The van der Waals surface area contributed by atoms with Gasteiger partial charge in [0.2, 0.25) is 11.8 Å². The third kappa shape index (κ3) is 5.00. The van der Waals surface area contributed by atoms with Gasteiger partial charge < -0.3 is 9.09 Å². The average molecular weight is 390 g/mol. The number of carbonyl (C=O) groups is 1. The highest BCUT2D eigenvalue weighted by Crippen LogP contribution is 2.33. The Labute approximate surface area is 164 Å². The van der Waals surface area contributed by atoms with Gasteiger partial charge in [-0.2, -0.15) is 0 Å². The van der Waals surface area contributed by atoms with E-state index in [1.165, 1.54) is 31.0 Å². The zero-order chi connectivity index (χ0) is 19.2. The monoisotopic (exact) mass is 389 g/mol. The standard InChI is InChI=1S/C19H27N5O2S/c1-4-10-24-18(14-8-6-5-7-9-14)21-22-19(24)27-12-16(25)20-17-11-15(13(2)3)23-26-17/h4,11,13-14H,1,5-10,12H2,2-3H3,(H,20,25). The molecule has 8 heteroatoms. The molecule has 0 bridgehead atoms. The van der Waals surface area contributed by atoms with Crippen molar-refractivity contribution in [1.82, 2.24) is 19.9 Å². The van der Waals surface area contributed by atoms with Crippen LogP contribution < -0.4 is 5.32 Å². The fourth-order valence-electron chi connectivity index (χ4n) is 3.29. The molecule has 0 spiro atoms. The second-order valence-corrected chi connectivity index (χ2v) is 8.13. The van der Waals surface area contributed by atoms with Crippen LogP contribution in [-0.2, 0) is 11.3 Å². The van der Waals surface area contributed by atoms with Crippen LogP contribution in [0.4, 0.5) is 5.88 Å². The lowest BCUT2D eigenvalue weighted by Crippen LogP contribution is -2.15. The highest BCUT2D eigenvalue weighted by molar-refractivity contribution is 7.99. The molecular weight excluding hydrogens is 362 g/mol. The van der Waals surface area contributed by atoms with E-state index < -0.39 is 0 Å². The highest BCUT2D eigenvalue weighted by Gasteiger charge is 2.23. The molecule has 1 aliphatic carbocycles. The van der Waals surface area contributed by atoms with Crippen LogP contribution in [0.25, 0.3) is 0 Å². The first-order valence-corrected chi connectivity index (χ1v) is 10.5. The van der Waals surface area contributed by atoms with Crippen LogP contribution in [0.5, 0.6) is 0 Å². The fraction of sp³-hybridized carbons (Fsp3) is 0.579. The third-order valence-corrected chi connectivity index (χ3v) is 5.71. The van der Waals surface area contributed by atoms with Gasteiger partial charge in [-0.05, 0) is 18.8 Å². The summed E-state index contributed by atoms with van der Waals surface area (Å²) in [6.45, 7) is 8.55. The van der Waals surface area contributed by atoms with E-state index in [-0.39, 0.29) is 17.6 Å². The molecule has 0 unspecified atom stereocenters. The van der Waals surface area contributed by atoms with Gasteiger partial charge in [0, 0.05) is 18.5 Å². The lowest BCUT2D eigenvalue weighted by Gasteiger charge is -2.21. The van der Waals surface area contributed by atoms with Crippen LogP contribution in [0.1, 0.15) is 69.3 Å². The fourth-order valence-corrected chi connectivity index (χ4v) is 4.05. The van der Waals surface area contributed by atoms with Crippen molar-refractivity contribution < 1.29 is 9.32 Å². The maximum absolute atomic E-state index is 12.2. The summed E-state index contributed by atoms with van der Waals surface area (Å²) in [4.78, 5) is 12.2. The van der Waals surface area contributed by atoms with Crippen LogP contribution in [0.15, 0.2) is 28.4 Å². The zero-order valence-electron chi connectivity index (χ0n) is 16.0. The average Bonchev–Trinajstić information content (AvgIpc) is 3.28. The van der Waals surface area contributed by atoms with Crippen LogP contribution in [0.2, 0.25) is 0 Å². The molecule has 0 saturated heterocycles. The Kier molecular flexibility index (Phi) is 6.71. The lowest BCUT2D eigenvalue weighted by molar-refractivity contribution is -0.113. The van der Waals surface area contributed by atoms with Gasteiger partial charge in [0.1, 0.15) is 5.82 Å². The number of rotatable bonds is 8. The van der Waals surface area contributed by atoms with E-state index in [0.717, 1.165) is 29.5 Å². The van der Waals surface area contributed by atoms with Crippen molar-refractivity contribution in [2.24, 2.45) is 0 Å². The summed E-state index contributed by atoms with van der Waals surface area (Å²) in [7, 11) is 0. The number of allylic oxidation sites excluding steroid dienone is 1. The van der Waals surface area contributed by atoms with Gasteiger partial charge >= 0.3 is 0 Å². The molecule has 3 rings (SSSR count). The number of nitrogens with one attached hydrogen (secondary N) is 1. The zero-order valence-corrected chi connectivity index (χ0v) is 16.8. The molecular formula is C19H27N5O2S. The summed E-state index contributed by atoms with van der Waals surface area (Å²) < 4.78 is 7.25. The first-order chi connectivity index (χ1) is 13.1. The summed E-state index contributed by atoms with van der Waals surface area (Å²) in [5.74, 6) is 2.19. The SMILES string of the molecule is C=CCn1c(SCC(=O)Nc2cc(C(C)C)no2)nnc1C1CCCCC1. The molecule has 1 aliphatic rings. The number of amides is 1. The molecule has 0 aromatic carbocycles. The van der Waals surface area contributed by atoms with Crippen LogP contribution >= 0.6 is 11.8 Å². The van der Waals surface area contributed by atoms with Gasteiger partial charge in [0.15, 0.2) is 5.16 Å². The largest absolute Gasteiger partial charge is 0.338 e. The molecule has 1 saturated carbocycles. The Morgan fingerprint density at radius 1 is 1.41 bits per heavy atom. The predicted octanol–water partition coefficient (Wildman–Crippen LogP) is 4.35. The number of carbonyl (C=O) groups excluding carboxylic acids is 1. The number of anilines is 1. The van der Waals surface area contributed by atoms with Gasteiger partial charge in [-0.3, -0.25) is 10.1 Å². The van der Waals surface area contributed by atoms with Crippen LogP contribution in [-0.4, -0.2) is 31.6 Å². The predicted molar refractivity (Wildman–Crippen MR) is 106 cm³/mol. The maximum Gasteiger partial charge on any atom is 0.237 e. The molecule has 0 radical (unpaired) electrons. The lowest BCUT2D eigenvalue weighted by atomic mass is 9.89. The summed E-state index contributed by atoms with van der Waals surface area (Å²) >= 11 is 1.38. The number of aromatic nitrogens is 4. The highest BCUT2D eigenvalue weighted by atomic mass is 32.2. The third-order valence-electron chi connectivity index (χ3n) is 4.74. The quantitative estimate of drug-likeness (QED) is 0.533. The molecule has 1 fully saturated rings. The van der Waals surface area contributed by atoms with Gasteiger partial charge in [-0.25, -0.2) is 0 Å². The van der Waals surface area contributed by atoms with E-state index in [1.807, 2.05) is 19.9 Å². The second-order valence-electron chi connectivity index (χ2n) is 7.18. The molecule has 2 aromatic heterocycles. The Hall–Kier alpha value is -2.09. The Morgan fingerprint density at radius 3 is 2.85 bits per heavy atom. The van der Waals surface area contributed by atoms with E-state index in [1.54, 1.807) is 6.07 Å². The molecule has 146 valence electrons. The molecule has 7 nitrogen and oxygen atoms in total. The Morgan fingerprint density at radius 2 is 2.19 bits per heavy atom. The van der Waals surface area contributed by atoms with E-state index in [0.29, 0.717) is 18.3 Å². The van der Waals surface area contributed by atoms with Crippen molar-refractivity contribution in [2.45, 2.75) is 69.5 Å². The topological polar surface area (TPSA) is 85.8 Å². The van der Waals surface area contributed by atoms with Crippen LogP contribution in [0, 0.1) is 0 Å². The van der Waals surface area contributed by atoms with E-state index >= 15 is 0 Å². The molecule has 1 N–H and O–H groups in total. The van der Waals surface area contributed by atoms with Crippen molar-refractivity contribution in [3.63, 3.8) is 0 Å². The molecule has 2 aromatic rings. The first kappa shape index (κ1) is 19.7. The summed E-state index contributed by atoms with van der Waals surface area (Å²) in [6.07, 6.45) is 7.95. The van der Waals surface area contributed by atoms with Crippen LogP contribution in [0.3, 0.4) is 0 Å². The number of nitrogens with zero attached hydrogens (tertiary/aromatic N) is 4. The first-order valence-electron chi connectivity index (χ1n) is 9.51. The molecule has 2 heterocycles. The van der Waals surface area contributed by atoms with Crippen molar-refractivity contribution >= 4 is 23.6 Å². The Balaban J connectivity index is 1.61. The molecule has 0 aliphatic heterocycles. The van der Waals surface area contributed by atoms with Crippen molar-refractivity contribution in [2.75, 3.05) is 11.1 Å². The summed E-state index contributed by atoms with van der Waals surface area (Å²) in [6, 6.07) is 1.76. The van der Waals surface area contributed by atoms with Gasteiger partial charge in [0.05, 0.1) is 11.4 Å². The number of hydrogen-bond donors (Lipinski definition) is 1. The summed E-state index contributed by atoms with van der Waals surface area (Å²) in [5.41, 5.74) is 0.820. The molecule has 0 atom stereocenters. The molecule has 1 amide bonds. The van der Waals surface area contributed by atoms with Crippen molar-refractivity contribution in [3.05, 3.63) is 30.2 Å². The minimum absolute atomic E-state index is 0.154. The van der Waals surface area contributed by atoms with Gasteiger partial charge in [-0.15, -0.1) is 16.8 Å². The van der Waals surface area contributed by atoms with Gasteiger partial charge in [0.25, 0.3) is 0 Å². The smallest absolute Gasteiger partial charge is 0.237 e. The van der Waals surface area contributed by atoms with E-state index in [2.05, 4.69) is 31.8 Å². The maximum atomic E-state index is 12.2. The minimum atomic E-state index is -0.154.